The number of methoxy groups -OCH3 is 1. The van der Waals surface area contributed by atoms with Crippen LogP contribution >= 0.6 is 23.1 Å². The Bertz CT molecular complexity index is 1460. The fourth-order valence-electron chi connectivity index (χ4n) is 3.62. The van der Waals surface area contributed by atoms with Gasteiger partial charge in [0.25, 0.3) is 5.56 Å². The Labute approximate surface area is 199 Å². The molecule has 7 heteroatoms. The molecular weight excluding hydrogens is 450 g/mol. The summed E-state index contributed by atoms with van der Waals surface area (Å²) in [4.78, 5) is 22.9. The first-order chi connectivity index (χ1) is 16.2. The third-order valence-corrected chi connectivity index (χ3v) is 7.18. The van der Waals surface area contributed by atoms with Gasteiger partial charge in [0, 0.05) is 11.1 Å². The molecule has 0 amide bonds. The van der Waals surface area contributed by atoms with E-state index in [1.165, 1.54) is 11.8 Å². The average molecular weight is 472 g/mol. The minimum atomic E-state index is -0.0278. The van der Waals surface area contributed by atoms with E-state index >= 15 is 0 Å². The van der Waals surface area contributed by atoms with Gasteiger partial charge in [0.05, 0.1) is 35.8 Å². The number of hydrogen-bond acceptors (Lipinski definition) is 6. The molecule has 5 rings (SSSR count). The van der Waals surface area contributed by atoms with Crippen LogP contribution in [0.25, 0.3) is 21.5 Å². The standard InChI is InChI=1S/C26H21N3O2S2/c1-31-23-14-8-6-12-21(23)24-27-19(16-32-24)17-33-26-28-22-13-7-5-11-20(22)25(30)29(26)15-18-9-3-2-4-10-18/h2-14,16H,15,17H2,1H3. The van der Waals surface area contributed by atoms with Crippen LogP contribution in [0.1, 0.15) is 11.3 Å². The van der Waals surface area contributed by atoms with Gasteiger partial charge in [-0.25, -0.2) is 9.97 Å². The summed E-state index contributed by atoms with van der Waals surface area (Å²) in [6.45, 7) is 0.476. The Morgan fingerprint density at radius 3 is 2.55 bits per heavy atom. The molecule has 0 bridgehead atoms. The summed E-state index contributed by atoms with van der Waals surface area (Å²) >= 11 is 3.12. The normalized spacial score (nSPS) is 11.1. The third-order valence-electron chi connectivity index (χ3n) is 5.25. The second kappa shape index (κ2) is 9.60. The molecule has 2 aromatic heterocycles. The highest BCUT2D eigenvalue weighted by atomic mass is 32.2. The Morgan fingerprint density at radius 2 is 1.70 bits per heavy atom. The van der Waals surface area contributed by atoms with E-state index in [0.29, 0.717) is 28.4 Å². The van der Waals surface area contributed by atoms with E-state index < -0.39 is 0 Å². The lowest BCUT2D eigenvalue weighted by molar-refractivity contribution is 0.416. The van der Waals surface area contributed by atoms with Crippen LogP contribution in [0.15, 0.2) is 94.2 Å². The van der Waals surface area contributed by atoms with Crippen molar-refractivity contribution in [1.82, 2.24) is 14.5 Å². The molecule has 0 unspecified atom stereocenters. The number of thiazole rings is 1. The Balaban J connectivity index is 1.46. The van der Waals surface area contributed by atoms with Crippen molar-refractivity contribution in [2.45, 2.75) is 17.5 Å². The molecule has 0 radical (unpaired) electrons. The maximum Gasteiger partial charge on any atom is 0.262 e. The second-order valence-electron chi connectivity index (χ2n) is 7.42. The molecule has 0 aliphatic carbocycles. The topological polar surface area (TPSA) is 57.0 Å². The van der Waals surface area contributed by atoms with Crippen molar-refractivity contribution in [2.24, 2.45) is 0 Å². The smallest absolute Gasteiger partial charge is 0.262 e. The lowest BCUT2D eigenvalue weighted by Gasteiger charge is -2.13. The zero-order valence-corrected chi connectivity index (χ0v) is 19.6. The molecule has 2 heterocycles. The highest BCUT2D eigenvalue weighted by Gasteiger charge is 2.14. The van der Waals surface area contributed by atoms with E-state index in [1.807, 2.05) is 78.9 Å². The zero-order valence-electron chi connectivity index (χ0n) is 18.0. The number of ether oxygens (including phenoxy) is 1. The molecule has 0 saturated carbocycles. The van der Waals surface area contributed by atoms with Crippen LogP contribution in [-0.2, 0) is 12.3 Å². The first-order valence-electron chi connectivity index (χ1n) is 10.5. The summed E-state index contributed by atoms with van der Waals surface area (Å²) in [6.07, 6.45) is 0. The number of hydrogen-bond donors (Lipinski definition) is 0. The van der Waals surface area contributed by atoms with Crippen LogP contribution in [0.4, 0.5) is 0 Å². The van der Waals surface area contributed by atoms with Gasteiger partial charge in [0.2, 0.25) is 0 Å². The number of nitrogens with zero attached hydrogens (tertiary/aromatic N) is 3. The predicted octanol–water partition coefficient (Wildman–Crippen LogP) is 5.87. The summed E-state index contributed by atoms with van der Waals surface area (Å²) in [7, 11) is 1.67. The highest BCUT2D eigenvalue weighted by molar-refractivity contribution is 7.98. The molecule has 0 aliphatic rings. The number of fused-ring (bicyclic) bond motifs is 1. The Hall–Kier alpha value is -3.42. The van der Waals surface area contributed by atoms with Crippen LogP contribution in [0.3, 0.4) is 0 Å². The van der Waals surface area contributed by atoms with Gasteiger partial charge in [-0.3, -0.25) is 9.36 Å². The van der Waals surface area contributed by atoms with Crippen LogP contribution in [0, 0.1) is 0 Å². The zero-order chi connectivity index (χ0) is 22.6. The van der Waals surface area contributed by atoms with Crippen molar-refractivity contribution in [2.75, 3.05) is 7.11 Å². The van der Waals surface area contributed by atoms with Crippen molar-refractivity contribution in [3.63, 3.8) is 0 Å². The van der Waals surface area contributed by atoms with Gasteiger partial charge in [-0.05, 0) is 29.8 Å². The van der Waals surface area contributed by atoms with Gasteiger partial charge in [-0.1, -0.05) is 66.4 Å². The van der Waals surface area contributed by atoms with E-state index in [2.05, 4.69) is 5.38 Å². The Kier molecular flexibility index (Phi) is 6.24. The number of thioether (sulfide) groups is 1. The fourth-order valence-corrected chi connectivity index (χ4v) is 5.47. The van der Waals surface area contributed by atoms with Gasteiger partial charge in [-0.2, -0.15) is 0 Å². The average Bonchev–Trinajstić information content (AvgIpc) is 3.34. The molecule has 5 nitrogen and oxygen atoms in total. The molecule has 164 valence electrons. The number of aromatic nitrogens is 3. The van der Waals surface area contributed by atoms with Gasteiger partial charge < -0.3 is 4.74 Å². The van der Waals surface area contributed by atoms with Gasteiger partial charge in [0.15, 0.2) is 5.16 Å². The van der Waals surface area contributed by atoms with E-state index in [9.17, 15) is 4.79 Å². The van der Waals surface area contributed by atoms with Crippen molar-refractivity contribution < 1.29 is 4.74 Å². The molecule has 0 aliphatic heterocycles. The quantitative estimate of drug-likeness (QED) is 0.219. The van der Waals surface area contributed by atoms with E-state index in [0.717, 1.165) is 27.6 Å². The second-order valence-corrected chi connectivity index (χ2v) is 9.22. The monoisotopic (exact) mass is 471 g/mol. The molecule has 0 N–H and O–H groups in total. The molecule has 0 atom stereocenters. The van der Waals surface area contributed by atoms with Crippen LogP contribution in [0.5, 0.6) is 5.75 Å². The lowest BCUT2D eigenvalue weighted by Crippen LogP contribution is -2.24. The van der Waals surface area contributed by atoms with E-state index in [1.54, 1.807) is 23.0 Å². The third kappa shape index (κ3) is 4.55. The summed E-state index contributed by atoms with van der Waals surface area (Å²) in [5.74, 6) is 1.42. The van der Waals surface area contributed by atoms with E-state index in [-0.39, 0.29) is 5.56 Å². The molecule has 0 spiro atoms. The summed E-state index contributed by atoms with van der Waals surface area (Å²) < 4.78 is 7.24. The van der Waals surface area contributed by atoms with Crippen molar-refractivity contribution in [3.05, 3.63) is 106 Å². The summed E-state index contributed by atoms with van der Waals surface area (Å²) in [5, 5.41) is 4.28. The van der Waals surface area contributed by atoms with Gasteiger partial charge >= 0.3 is 0 Å². The molecule has 3 aromatic carbocycles. The highest BCUT2D eigenvalue weighted by Crippen LogP contribution is 2.33. The Morgan fingerprint density at radius 1 is 0.939 bits per heavy atom. The van der Waals surface area contributed by atoms with Gasteiger partial charge in [-0.15, -0.1) is 11.3 Å². The van der Waals surface area contributed by atoms with E-state index in [4.69, 9.17) is 14.7 Å². The largest absolute Gasteiger partial charge is 0.496 e. The van der Waals surface area contributed by atoms with Crippen molar-refractivity contribution in [1.29, 1.82) is 0 Å². The maximum absolute atomic E-state index is 13.3. The first kappa shape index (κ1) is 21.4. The maximum atomic E-state index is 13.3. The lowest BCUT2D eigenvalue weighted by atomic mass is 10.2. The predicted molar refractivity (Wildman–Crippen MR) is 135 cm³/mol. The molecular formula is C26H21N3O2S2. The number of rotatable bonds is 7. The molecule has 5 aromatic rings. The van der Waals surface area contributed by atoms with Gasteiger partial charge in [0.1, 0.15) is 10.8 Å². The van der Waals surface area contributed by atoms with Crippen molar-refractivity contribution in [3.8, 4) is 16.3 Å². The van der Waals surface area contributed by atoms with Crippen molar-refractivity contribution >= 4 is 34.0 Å². The summed E-state index contributed by atoms with van der Waals surface area (Å²) in [6, 6.07) is 25.4. The van der Waals surface area contributed by atoms with Crippen LogP contribution in [-0.4, -0.2) is 21.6 Å². The minimum absolute atomic E-state index is 0.0278. The minimum Gasteiger partial charge on any atom is -0.496 e. The number of para-hydroxylation sites is 2. The first-order valence-corrected chi connectivity index (χ1v) is 12.3. The fraction of sp³-hybridized carbons (Fsp3) is 0.115. The SMILES string of the molecule is COc1ccccc1-c1nc(CSc2nc3ccccc3c(=O)n2Cc2ccccc2)cs1. The summed E-state index contributed by atoms with van der Waals surface area (Å²) in [5.41, 5.74) is 3.67. The molecule has 0 fully saturated rings. The molecule has 0 saturated heterocycles. The van der Waals surface area contributed by atoms with Crippen LogP contribution in [0.2, 0.25) is 0 Å². The number of benzene rings is 3. The van der Waals surface area contributed by atoms with Crippen LogP contribution < -0.4 is 10.3 Å². The molecule has 33 heavy (non-hydrogen) atoms.